The Morgan fingerprint density at radius 2 is 1.62 bits per heavy atom. The molecule has 1 aliphatic heterocycles. The summed E-state index contributed by atoms with van der Waals surface area (Å²) in [4.78, 5) is 7.56. The Balaban J connectivity index is 1.39. The van der Waals surface area contributed by atoms with E-state index in [1.807, 2.05) is 30.5 Å². The van der Waals surface area contributed by atoms with Gasteiger partial charge in [0.15, 0.2) is 21.3 Å². The highest BCUT2D eigenvalue weighted by Gasteiger charge is 2.13. The first kappa shape index (κ1) is 20.7. The van der Waals surface area contributed by atoms with Crippen LogP contribution in [-0.2, 0) is 16.3 Å². The number of hydrogen-bond acceptors (Lipinski definition) is 5. The number of aromatic nitrogens is 3. The van der Waals surface area contributed by atoms with Crippen molar-refractivity contribution < 1.29 is 8.42 Å². The van der Waals surface area contributed by atoms with Crippen LogP contribution in [-0.4, -0.2) is 42.4 Å². The number of nitrogens with zero attached hydrogens (tertiary/aromatic N) is 4. The maximum absolute atomic E-state index is 11.8. The van der Waals surface area contributed by atoms with Crippen LogP contribution < -0.4 is 4.90 Å². The number of pyridine rings is 1. The lowest BCUT2D eigenvalue weighted by Crippen LogP contribution is -2.29. The van der Waals surface area contributed by atoms with Gasteiger partial charge in [0.2, 0.25) is 0 Å². The van der Waals surface area contributed by atoms with Crippen LogP contribution in [0.2, 0.25) is 0 Å². The molecule has 0 saturated carbocycles. The van der Waals surface area contributed by atoms with E-state index in [0.29, 0.717) is 11.3 Å². The first-order valence-electron chi connectivity index (χ1n) is 11.0. The molecule has 0 spiro atoms. The number of hydrogen-bond donors (Lipinski definition) is 0. The fourth-order valence-electron chi connectivity index (χ4n) is 4.29. The van der Waals surface area contributed by atoms with Crippen molar-refractivity contribution >= 4 is 21.2 Å². The van der Waals surface area contributed by atoms with E-state index < -0.39 is 9.84 Å². The van der Waals surface area contributed by atoms with Crippen LogP contribution in [0.25, 0.3) is 16.8 Å². The molecule has 3 heterocycles. The minimum absolute atomic E-state index is 0.309. The van der Waals surface area contributed by atoms with Gasteiger partial charge in [0.25, 0.3) is 0 Å². The van der Waals surface area contributed by atoms with E-state index in [1.54, 1.807) is 16.6 Å². The lowest BCUT2D eigenvalue weighted by molar-refractivity contribution is 0.578. The molecule has 6 nitrogen and oxygen atoms in total. The summed E-state index contributed by atoms with van der Waals surface area (Å²) in [6.45, 7) is 2.28. The second-order valence-electron chi connectivity index (χ2n) is 8.41. The van der Waals surface area contributed by atoms with E-state index in [4.69, 9.17) is 4.98 Å². The highest BCUT2D eigenvalue weighted by Crippen LogP contribution is 2.26. The van der Waals surface area contributed by atoms with Crippen molar-refractivity contribution in [2.45, 2.75) is 30.6 Å². The molecule has 0 radical (unpaired) electrons. The summed E-state index contributed by atoms with van der Waals surface area (Å²) in [7, 11) is -3.22. The standard InChI is InChI=1S/C25H26N4O2S/c1-32(30,31)22-13-9-20(10-14-22)23-6-5-17-29-25(23)26-24(27-29)18-19-7-11-21(12-8-19)28-15-3-2-4-16-28/h5-14,17H,2-4,15-16,18H2,1H3. The number of rotatable bonds is 5. The summed E-state index contributed by atoms with van der Waals surface area (Å²) in [5.41, 5.74) is 5.07. The zero-order valence-corrected chi connectivity index (χ0v) is 18.9. The summed E-state index contributed by atoms with van der Waals surface area (Å²) >= 11 is 0. The molecule has 164 valence electrons. The molecule has 1 aliphatic rings. The van der Waals surface area contributed by atoms with Crippen molar-refractivity contribution in [3.05, 3.63) is 78.2 Å². The summed E-state index contributed by atoms with van der Waals surface area (Å²) in [5, 5.41) is 4.66. The summed E-state index contributed by atoms with van der Waals surface area (Å²) in [5.74, 6) is 0.760. The van der Waals surface area contributed by atoms with Crippen LogP contribution in [0.15, 0.2) is 71.8 Å². The van der Waals surface area contributed by atoms with E-state index in [0.717, 1.165) is 35.7 Å². The number of sulfone groups is 1. The number of anilines is 1. The third kappa shape index (κ3) is 4.25. The molecule has 2 aromatic heterocycles. The number of piperidine rings is 1. The molecule has 1 fully saturated rings. The number of benzene rings is 2. The van der Waals surface area contributed by atoms with Gasteiger partial charge in [-0.15, -0.1) is 0 Å². The molecule has 5 rings (SSSR count). The highest BCUT2D eigenvalue weighted by molar-refractivity contribution is 7.90. The van der Waals surface area contributed by atoms with E-state index in [-0.39, 0.29) is 0 Å². The van der Waals surface area contributed by atoms with Crippen molar-refractivity contribution in [2.24, 2.45) is 0 Å². The van der Waals surface area contributed by atoms with E-state index in [2.05, 4.69) is 34.3 Å². The Morgan fingerprint density at radius 3 is 2.31 bits per heavy atom. The van der Waals surface area contributed by atoms with Gasteiger partial charge in [-0.3, -0.25) is 0 Å². The molecule has 1 saturated heterocycles. The Bertz CT molecular complexity index is 1340. The van der Waals surface area contributed by atoms with Crippen LogP contribution in [0.4, 0.5) is 5.69 Å². The largest absolute Gasteiger partial charge is 0.372 e. The SMILES string of the molecule is CS(=O)(=O)c1ccc(-c2cccn3nc(Cc4ccc(N5CCCCC5)cc4)nc23)cc1. The molecule has 7 heteroatoms. The normalized spacial score (nSPS) is 14.7. The quantitative estimate of drug-likeness (QED) is 0.455. The van der Waals surface area contributed by atoms with Crippen LogP contribution in [0, 0.1) is 0 Å². The van der Waals surface area contributed by atoms with E-state index in [1.165, 1.54) is 36.8 Å². The molecule has 32 heavy (non-hydrogen) atoms. The Labute approximate surface area is 188 Å². The second-order valence-corrected chi connectivity index (χ2v) is 10.4. The van der Waals surface area contributed by atoms with Crippen LogP contribution in [0.1, 0.15) is 30.7 Å². The van der Waals surface area contributed by atoms with Crippen molar-refractivity contribution in [1.82, 2.24) is 14.6 Å². The minimum Gasteiger partial charge on any atom is -0.372 e. The topological polar surface area (TPSA) is 67.6 Å². The lowest BCUT2D eigenvalue weighted by atomic mass is 10.1. The Morgan fingerprint density at radius 1 is 0.906 bits per heavy atom. The average Bonchev–Trinajstić information content (AvgIpc) is 3.22. The predicted molar refractivity (Wildman–Crippen MR) is 127 cm³/mol. The molecule has 4 aromatic rings. The number of fused-ring (bicyclic) bond motifs is 1. The van der Waals surface area contributed by atoms with Gasteiger partial charge in [-0.2, -0.15) is 5.10 Å². The Hall–Kier alpha value is -3.19. The van der Waals surface area contributed by atoms with Crippen molar-refractivity contribution in [3.8, 4) is 11.1 Å². The first-order chi connectivity index (χ1) is 15.5. The van der Waals surface area contributed by atoms with Crippen molar-refractivity contribution in [1.29, 1.82) is 0 Å². The summed E-state index contributed by atoms with van der Waals surface area (Å²) in [6, 6.07) is 19.6. The minimum atomic E-state index is -3.22. The zero-order valence-electron chi connectivity index (χ0n) is 18.1. The van der Waals surface area contributed by atoms with Gasteiger partial charge < -0.3 is 4.90 Å². The van der Waals surface area contributed by atoms with Gasteiger partial charge in [-0.05, 0) is 66.8 Å². The van der Waals surface area contributed by atoms with Gasteiger partial charge in [0, 0.05) is 43.2 Å². The van der Waals surface area contributed by atoms with Crippen LogP contribution in [0.3, 0.4) is 0 Å². The van der Waals surface area contributed by atoms with Crippen molar-refractivity contribution in [2.75, 3.05) is 24.2 Å². The van der Waals surface area contributed by atoms with Crippen LogP contribution in [0.5, 0.6) is 0 Å². The molecular formula is C25H26N4O2S. The van der Waals surface area contributed by atoms with Gasteiger partial charge in [-0.25, -0.2) is 17.9 Å². The van der Waals surface area contributed by atoms with Gasteiger partial charge in [0.1, 0.15) is 0 Å². The zero-order chi connectivity index (χ0) is 22.1. The molecule has 0 amide bonds. The van der Waals surface area contributed by atoms with E-state index in [9.17, 15) is 8.42 Å². The maximum atomic E-state index is 11.8. The molecular weight excluding hydrogens is 420 g/mol. The fourth-order valence-corrected chi connectivity index (χ4v) is 4.92. The predicted octanol–water partition coefficient (Wildman–Crippen LogP) is 4.38. The summed E-state index contributed by atoms with van der Waals surface area (Å²) < 4.78 is 25.3. The molecule has 2 aromatic carbocycles. The van der Waals surface area contributed by atoms with Gasteiger partial charge in [-0.1, -0.05) is 24.3 Å². The first-order valence-corrected chi connectivity index (χ1v) is 12.9. The third-order valence-corrected chi connectivity index (χ3v) is 7.15. The van der Waals surface area contributed by atoms with Crippen molar-refractivity contribution in [3.63, 3.8) is 0 Å². The molecule has 0 bridgehead atoms. The summed E-state index contributed by atoms with van der Waals surface area (Å²) in [6.07, 6.45) is 7.64. The lowest BCUT2D eigenvalue weighted by Gasteiger charge is -2.28. The monoisotopic (exact) mass is 446 g/mol. The highest BCUT2D eigenvalue weighted by atomic mass is 32.2. The Kier molecular flexibility index (Phi) is 5.43. The van der Waals surface area contributed by atoms with Gasteiger partial charge >= 0.3 is 0 Å². The average molecular weight is 447 g/mol. The molecule has 0 aliphatic carbocycles. The molecule has 0 N–H and O–H groups in total. The third-order valence-electron chi connectivity index (χ3n) is 6.02. The second kappa shape index (κ2) is 8.39. The van der Waals surface area contributed by atoms with E-state index >= 15 is 0 Å². The smallest absolute Gasteiger partial charge is 0.175 e. The van der Waals surface area contributed by atoms with Gasteiger partial charge in [0.05, 0.1) is 4.90 Å². The fraction of sp³-hybridized carbons (Fsp3) is 0.280. The molecule has 0 atom stereocenters. The maximum Gasteiger partial charge on any atom is 0.175 e. The van der Waals surface area contributed by atoms with Crippen LogP contribution >= 0.6 is 0 Å². The molecule has 0 unspecified atom stereocenters.